The molecule has 0 atom stereocenters. The van der Waals surface area contributed by atoms with Crippen molar-refractivity contribution < 1.29 is 91.5 Å². The van der Waals surface area contributed by atoms with Gasteiger partial charge in [-0.2, -0.15) is 0 Å². The van der Waals surface area contributed by atoms with Crippen LogP contribution in [0.15, 0.2) is 0 Å². The molecule has 0 aliphatic rings. The molecule has 0 saturated heterocycles. The maximum Gasteiger partial charge on any atom is 2.00 e. The van der Waals surface area contributed by atoms with E-state index < -0.39 is 40.1 Å². The molecular weight excluding hydrogens is 515 g/mol. The Morgan fingerprint density at radius 1 is 0.538 bits per heavy atom. The molecular formula is O8Sb2Ti3. The largest absolute Gasteiger partial charge is 2.00 e. The van der Waals surface area contributed by atoms with Crippen LogP contribution in [0.25, 0.3) is 0 Å². The first-order chi connectivity index (χ1) is 4.00. The molecule has 0 aromatic carbocycles. The minimum absolute atomic E-state index is 0. The fraction of sp³-hybridized carbons (Fsp3) is 0. The molecule has 0 fully saturated rings. The first kappa shape index (κ1) is 29.8. The molecule has 8 nitrogen and oxygen atoms in total. The van der Waals surface area contributed by atoms with Crippen LogP contribution in [-0.4, -0.2) is 40.1 Å². The summed E-state index contributed by atoms with van der Waals surface area (Å²) in [5.41, 5.74) is 0. The van der Waals surface area contributed by atoms with Gasteiger partial charge in [0, 0.05) is 0 Å². The smallest absolute Gasteiger partial charge is 2.00 e. The molecule has 0 aliphatic carbocycles. The van der Waals surface area contributed by atoms with Gasteiger partial charge in [0.1, 0.15) is 0 Å². The van der Waals surface area contributed by atoms with E-state index in [9.17, 15) is 0 Å². The molecule has 0 bridgehead atoms. The van der Waals surface area contributed by atoms with Gasteiger partial charge in [0.2, 0.25) is 0 Å². The molecule has 0 spiro atoms. The van der Waals surface area contributed by atoms with Crippen LogP contribution in [0, 0.1) is 0 Å². The van der Waals surface area contributed by atoms with Gasteiger partial charge in [0.05, 0.1) is 0 Å². The van der Waals surface area contributed by atoms with Crippen LogP contribution >= 0.6 is 0 Å². The topological polar surface area (TPSA) is 172 Å². The number of hydrogen-bond acceptors (Lipinski definition) is 8. The van der Waals surface area contributed by atoms with Crippen LogP contribution in [0.1, 0.15) is 0 Å². The monoisotopic (exact) mass is 514 g/mol. The van der Waals surface area contributed by atoms with Gasteiger partial charge in [-0.3, -0.25) is 0 Å². The van der Waals surface area contributed by atoms with Crippen LogP contribution < -0.4 is 20.3 Å². The molecule has 0 saturated carbocycles. The molecule has 0 N–H and O–H groups in total. The van der Waals surface area contributed by atoms with E-state index in [4.69, 9.17) is 26.3 Å². The minimum atomic E-state index is -6.10. The molecule has 70 valence electrons. The molecule has 13 heavy (non-hydrogen) atoms. The predicted molar refractivity (Wildman–Crippen MR) is 12.9 cm³/mol. The Morgan fingerprint density at radius 3 is 0.538 bits per heavy atom. The van der Waals surface area contributed by atoms with E-state index in [1.807, 2.05) is 0 Å². The van der Waals surface area contributed by atoms with E-state index in [-0.39, 0.29) is 65.2 Å². The average molecular weight is 515 g/mol. The third-order valence-electron chi connectivity index (χ3n) is 0. The minimum Gasteiger partial charge on any atom is 2.00 e. The van der Waals surface area contributed by atoms with Crippen molar-refractivity contribution in [1.82, 2.24) is 0 Å². The van der Waals surface area contributed by atoms with Gasteiger partial charge in [-0.05, 0) is 0 Å². The zero-order valence-electron chi connectivity index (χ0n) is 5.66. The summed E-state index contributed by atoms with van der Waals surface area (Å²) in [5.74, 6) is 0. The summed E-state index contributed by atoms with van der Waals surface area (Å²) in [6, 6.07) is 0. The summed E-state index contributed by atoms with van der Waals surface area (Å²) in [6.45, 7) is 0. The normalized spacial score (nSPS) is 9.08. The van der Waals surface area contributed by atoms with E-state index in [2.05, 4.69) is 0 Å². The Hall–Kier alpha value is 3.14. The Kier molecular flexibility index (Phi) is 30.3. The van der Waals surface area contributed by atoms with Crippen molar-refractivity contribution >= 4 is 40.1 Å². The van der Waals surface area contributed by atoms with Crippen LogP contribution in [0.2, 0.25) is 0 Å². The Morgan fingerprint density at radius 2 is 0.538 bits per heavy atom. The van der Waals surface area contributed by atoms with Crippen molar-refractivity contribution in [2.75, 3.05) is 0 Å². The van der Waals surface area contributed by atoms with E-state index in [0.29, 0.717) is 0 Å². The van der Waals surface area contributed by atoms with Crippen molar-refractivity contribution in [2.24, 2.45) is 0 Å². The van der Waals surface area contributed by atoms with E-state index >= 15 is 0 Å². The Balaban J connectivity index is -0.0000000267. The quantitative estimate of drug-likeness (QED) is 0.286. The van der Waals surface area contributed by atoms with Gasteiger partial charge in [-0.1, -0.05) is 0 Å². The Labute approximate surface area is 129 Å². The summed E-state index contributed by atoms with van der Waals surface area (Å²) in [7, 11) is 0. The molecule has 0 heterocycles. The van der Waals surface area contributed by atoms with Gasteiger partial charge in [-0.25, -0.2) is 0 Å². The summed E-state index contributed by atoms with van der Waals surface area (Å²) < 4.78 is 69.1. The van der Waals surface area contributed by atoms with Crippen molar-refractivity contribution in [3.05, 3.63) is 0 Å². The van der Waals surface area contributed by atoms with Crippen molar-refractivity contribution in [1.29, 1.82) is 0 Å². The SMILES string of the molecule is [O]=[Sb]([O-])([O-])[O-].[O]=[Sb]([O-])([O-])[O-].[Ti+2].[Ti+2].[Ti+2]. The maximum atomic E-state index is 8.64. The fourth-order valence-electron chi connectivity index (χ4n) is 0. The zero-order valence-corrected chi connectivity index (χ0v) is 15.5. The van der Waals surface area contributed by atoms with Crippen LogP contribution in [0.4, 0.5) is 0 Å². The molecule has 0 radical (unpaired) electrons. The predicted octanol–water partition coefficient (Wildman–Crippen LogP) is -8.14. The summed E-state index contributed by atoms with van der Waals surface area (Å²) in [4.78, 5) is 0. The third-order valence-corrected chi connectivity index (χ3v) is 0. The van der Waals surface area contributed by atoms with Crippen LogP contribution in [0.3, 0.4) is 0 Å². The number of hydrogen-bond donors (Lipinski definition) is 0. The molecule has 0 rings (SSSR count). The van der Waals surface area contributed by atoms with Crippen molar-refractivity contribution in [3.63, 3.8) is 0 Å². The summed E-state index contributed by atoms with van der Waals surface area (Å²) in [5, 5.41) is 0. The zero-order chi connectivity index (χ0) is 9.00. The maximum absolute atomic E-state index is 8.64. The average Bonchev–Trinajstić information content (AvgIpc) is 1.12. The van der Waals surface area contributed by atoms with E-state index in [1.165, 1.54) is 0 Å². The van der Waals surface area contributed by atoms with E-state index in [0.717, 1.165) is 0 Å². The summed E-state index contributed by atoms with van der Waals surface area (Å²) >= 11 is -12.2. The molecule has 0 unspecified atom stereocenters. The van der Waals surface area contributed by atoms with Crippen molar-refractivity contribution in [2.45, 2.75) is 0 Å². The second-order valence-electron chi connectivity index (χ2n) is 0.894. The molecule has 0 aromatic rings. The first-order valence-corrected chi connectivity index (χ1v) is 9.80. The molecule has 0 aromatic heterocycles. The fourth-order valence-corrected chi connectivity index (χ4v) is 0. The standard InChI is InChI=1S/8O.2Sb.3Ti/q;;6*-1;;;3*+2. The molecule has 13 heteroatoms. The Bertz CT molecular complexity index is 130. The van der Waals surface area contributed by atoms with Gasteiger partial charge in [0.25, 0.3) is 0 Å². The van der Waals surface area contributed by atoms with Gasteiger partial charge in [-0.15, -0.1) is 0 Å². The van der Waals surface area contributed by atoms with Crippen LogP contribution in [0.5, 0.6) is 0 Å². The second-order valence-corrected chi connectivity index (χ2v) is 6.00. The molecule has 0 amide bonds. The van der Waals surface area contributed by atoms with Crippen molar-refractivity contribution in [3.8, 4) is 0 Å². The second kappa shape index (κ2) is 13.2. The third kappa shape index (κ3) is 265. The van der Waals surface area contributed by atoms with Gasteiger partial charge < -0.3 is 0 Å². The summed E-state index contributed by atoms with van der Waals surface area (Å²) in [6.07, 6.45) is 0. The van der Waals surface area contributed by atoms with E-state index in [1.54, 1.807) is 0 Å². The molecule has 0 aliphatic heterocycles. The van der Waals surface area contributed by atoms with Gasteiger partial charge >= 0.3 is 132 Å². The van der Waals surface area contributed by atoms with Crippen LogP contribution in [-0.2, 0) is 71.2 Å². The number of rotatable bonds is 0. The van der Waals surface area contributed by atoms with Gasteiger partial charge in [0.15, 0.2) is 0 Å². The first-order valence-electron chi connectivity index (χ1n) is 1.46.